The van der Waals surface area contributed by atoms with Gasteiger partial charge in [-0.15, -0.1) is 0 Å². The number of carbonyl (C=O) groups excluding carboxylic acids is 1. The second-order valence-electron chi connectivity index (χ2n) is 3.49. The van der Waals surface area contributed by atoms with E-state index in [9.17, 15) is 4.79 Å². The Hall–Kier alpha value is -0.220. The zero-order chi connectivity index (χ0) is 11.6. The lowest BCUT2D eigenvalue weighted by molar-refractivity contribution is -0.879. The highest BCUT2D eigenvalue weighted by Gasteiger charge is 2.17. The minimum absolute atomic E-state index is 0.115. The topological polar surface area (TPSA) is 29.1 Å². The lowest BCUT2D eigenvalue weighted by Gasteiger charge is -2.28. The van der Waals surface area contributed by atoms with Crippen molar-refractivity contribution in [3.63, 3.8) is 0 Å². The number of amides is 1. The summed E-state index contributed by atoms with van der Waals surface area (Å²) < 4.78 is 0.704. The maximum atomic E-state index is 11.2. The van der Waals surface area contributed by atoms with Crippen molar-refractivity contribution >= 4 is 18.5 Å². The van der Waals surface area contributed by atoms with Crippen LogP contribution < -0.4 is 5.32 Å². The molecule has 3 nitrogen and oxygen atoms in total. The molecule has 0 aliphatic rings. The molecule has 0 aromatic rings. The molecule has 0 aliphatic carbocycles. The van der Waals surface area contributed by atoms with Gasteiger partial charge in [0.1, 0.15) is 0 Å². The summed E-state index contributed by atoms with van der Waals surface area (Å²) in [5, 5.41) is 2.78. The van der Waals surface area contributed by atoms with Crippen molar-refractivity contribution in [2.24, 2.45) is 0 Å². The van der Waals surface area contributed by atoms with E-state index in [1.165, 1.54) is 0 Å². The first-order valence-corrected chi connectivity index (χ1v) is 5.84. The molecule has 0 spiro atoms. The van der Waals surface area contributed by atoms with Crippen molar-refractivity contribution in [2.75, 3.05) is 39.5 Å². The number of quaternary nitrogens is 1. The molecule has 4 heteroatoms. The van der Waals surface area contributed by atoms with Crippen LogP contribution in [0.25, 0.3) is 0 Å². The molecule has 0 rings (SSSR count). The molecule has 0 bridgehead atoms. The van der Waals surface area contributed by atoms with Crippen LogP contribution in [0.15, 0.2) is 0 Å². The standard InChI is InChI=1S/C8H18N2OS.C2H6/c1-4-9-8(11)7-10(2,3)5-6-12;1-2/h4-7H2,1-3H3,(H-,9,11,12);1-2H3/p+1. The first-order chi connectivity index (χ1) is 6.52. The van der Waals surface area contributed by atoms with Crippen molar-refractivity contribution in [3.8, 4) is 0 Å². The molecular formula is C10H25N2OS+. The van der Waals surface area contributed by atoms with E-state index >= 15 is 0 Å². The fourth-order valence-electron chi connectivity index (χ4n) is 0.992. The summed E-state index contributed by atoms with van der Waals surface area (Å²) in [6.07, 6.45) is 0. The number of rotatable bonds is 5. The maximum Gasteiger partial charge on any atom is 0.275 e. The Bertz CT molecular complexity index is 149. The zero-order valence-electron chi connectivity index (χ0n) is 10.1. The minimum Gasteiger partial charge on any atom is -0.351 e. The van der Waals surface area contributed by atoms with Crippen molar-refractivity contribution in [2.45, 2.75) is 20.8 Å². The summed E-state index contributed by atoms with van der Waals surface area (Å²) in [5.41, 5.74) is 0. The molecule has 0 atom stereocenters. The molecule has 14 heavy (non-hydrogen) atoms. The van der Waals surface area contributed by atoms with Gasteiger partial charge in [-0.05, 0) is 6.92 Å². The predicted molar refractivity (Wildman–Crippen MR) is 65.7 cm³/mol. The summed E-state index contributed by atoms with van der Waals surface area (Å²) in [6, 6.07) is 0. The van der Waals surface area contributed by atoms with Crippen molar-refractivity contribution < 1.29 is 9.28 Å². The number of thiol groups is 1. The molecule has 1 N–H and O–H groups in total. The highest BCUT2D eigenvalue weighted by atomic mass is 32.1. The number of nitrogens with one attached hydrogen (secondary N) is 1. The average Bonchev–Trinajstić information content (AvgIpc) is 2.06. The van der Waals surface area contributed by atoms with E-state index in [-0.39, 0.29) is 5.91 Å². The molecule has 0 radical (unpaired) electrons. The molecule has 0 saturated carbocycles. The highest BCUT2D eigenvalue weighted by molar-refractivity contribution is 7.80. The van der Waals surface area contributed by atoms with Gasteiger partial charge in [0.15, 0.2) is 6.54 Å². The molecule has 0 aromatic heterocycles. The van der Waals surface area contributed by atoms with Crippen LogP contribution in [0.5, 0.6) is 0 Å². The van der Waals surface area contributed by atoms with Crippen molar-refractivity contribution in [1.29, 1.82) is 0 Å². The van der Waals surface area contributed by atoms with E-state index in [2.05, 4.69) is 17.9 Å². The van der Waals surface area contributed by atoms with Gasteiger partial charge in [-0.3, -0.25) is 4.79 Å². The van der Waals surface area contributed by atoms with E-state index in [4.69, 9.17) is 0 Å². The average molecular weight is 221 g/mol. The minimum atomic E-state index is 0.115. The smallest absolute Gasteiger partial charge is 0.275 e. The van der Waals surface area contributed by atoms with Crippen LogP contribution in [0.1, 0.15) is 20.8 Å². The van der Waals surface area contributed by atoms with Crippen LogP contribution >= 0.6 is 12.6 Å². The Balaban J connectivity index is 0. The van der Waals surface area contributed by atoms with Crippen LogP contribution in [0.2, 0.25) is 0 Å². The van der Waals surface area contributed by atoms with Gasteiger partial charge in [0.2, 0.25) is 0 Å². The highest BCUT2D eigenvalue weighted by Crippen LogP contribution is 1.96. The molecule has 0 unspecified atom stereocenters. The van der Waals surface area contributed by atoms with Gasteiger partial charge in [-0.25, -0.2) is 0 Å². The second-order valence-corrected chi connectivity index (χ2v) is 3.94. The fraction of sp³-hybridized carbons (Fsp3) is 0.900. The number of carbonyl (C=O) groups is 1. The number of nitrogens with zero attached hydrogens (tertiary/aromatic N) is 1. The second kappa shape index (κ2) is 9.34. The third-order valence-corrected chi connectivity index (χ3v) is 1.85. The molecular weight excluding hydrogens is 196 g/mol. The van der Waals surface area contributed by atoms with Gasteiger partial charge in [-0.1, -0.05) is 13.8 Å². The van der Waals surface area contributed by atoms with Gasteiger partial charge in [-0.2, -0.15) is 12.6 Å². The van der Waals surface area contributed by atoms with Crippen molar-refractivity contribution in [1.82, 2.24) is 5.32 Å². The Labute approximate surface area is 93.9 Å². The van der Waals surface area contributed by atoms with Gasteiger partial charge >= 0.3 is 0 Å². The molecule has 0 aromatic carbocycles. The van der Waals surface area contributed by atoms with E-state index in [1.807, 2.05) is 34.9 Å². The van der Waals surface area contributed by atoms with E-state index in [1.54, 1.807) is 0 Å². The Morgan fingerprint density at radius 2 is 1.86 bits per heavy atom. The Kier molecular flexibility index (Phi) is 10.8. The van der Waals surface area contributed by atoms with Crippen molar-refractivity contribution in [3.05, 3.63) is 0 Å². The number of hydrogen-bond acceptors (Lipinski definition) is 2. The monoisotopic (exact) mass is 221 g/mol. The fourth-order valence-corrected chi connectivity index (χ4v) is 1.53. The summed E-state index contributed by atoms with van der Waals surface area (Å²) >= 11 is 4.14. The first-order valence-electron chi connectivity index (χ1n) is 5.21. The number of hydrogen-bond donors (Lipinski definition) is 2. The third kappa shape index (κ3) is 9.86. The SMILES string of the molecule is CC.CCNC(=O)C[N+](C)(C)CCS. The van der Waals surface area contributed by atoms with Crippen LogP contribution in [0.4, 0.5) is 0 Å². The molecule has 0 heterocycles. The number of likely N-dealkylation sites (N-methyl/N-ethyl adjacent to an activating group) is 2. The molecule has 0 aliphatic heterocycles. The summed E-state index contributed by atoms with van der Waals surface area (Å²) in [7, 11) is 4.07. The molecule has 1 amide bonds. The quantitative estimate of drug-likeness (QED) is 0.529. The lowest BCUT2D eigenvalue weighted by atomic mass is 10.4. The van der Waals surface area contributed by atoms with Gasteiger partial charge in [0.05, 0.1) is 20.6 Å². The maximum absolute atomic E-state index is 11.2. The van der Waals surface area contributed by atoms with E-state index in [0.29, 0.717) is 17.6 Å². The normalized spacial score (nSPS) is 10.1. The molecule has 0 fully saturated rings. The summed E-state index contributed by atoms with van der Waals surface area (Å²) in [6.45, 7) is 8.09. The van der Waals surface area contributed by atoms with Gasteiger partial charge < -0.3 is 9.80 Å². The zero-order valence-corrected chi connectivity index (χ0v) is 11.0. The Morgan fingerprint density at radius 1 is 1.36 bits per heavy atom. The molecule has 86 valence electrons. The lowest BCUT2D eigenvalue weighted by Crippen LogP contribution is -2.48. The van der Waals surface area contributed by atoms with Crippen LogP contribution in [0.3, 0.4) is 0 Å². The summed E-state index contributed by atoms with van der Waals surface area (Å²) in [5.74, 6) is 0.927. The Morgan fingerprint density at radius 3 is 2.21 bits per heavy atom. The van der Waals surface area contributed by atoms with Gasteiger partial charge in [0, 0.05) is 12.3 Å². The van der Waals surface area contributed by atoms with Crippen LogP contribution in [-0.2, 0) is 4.79 Å². The predicted octanol–water partition coefficient (Wildman–Crippen LogP) is 1.15. The van der Waals surface area contributed by atoms with Crippen LogP contribution in [-0.4, -0.2) is 49.9 Å². The largest absolute Gasteiger partial charge is 0.351 e. The first kappa shape index (κ1) is 16.2. The van der Waals surface area contributed by atoms with E-state index in [0.717, 1.165) is 12.3 Å². The summed E-state index contributed by atoms with van der Waals surface area (Å²) in [4.78, 5) is 11.2. The van der Waals surface area contributed by atoms with Gasteiger partial charge in [0.25, 0.3) is 5.91 Å². The van der Waals surface area contributed by atoms with E-state index < -0.39 is 0 Å². The molecule has 0 saturated heterocycles. The van der Waals surface area contributed by atoms with Crippen LogP contribution in [0, 0.1) is 0 Å². The third-order valence-electron chi connectivity index (χ3n) is 1.65.